The van der Waals surface area contributed by atoms with Crippen molar-refractivity contribution in [1.82, 2.24) is 5.32 Å². The van der Waals surface area contributed by atoms with Gasteiger partial charge in [-0.3, -0.25) is 0 Å². The van der Waals surface area contributed by atoms with Crippen LogP contribution in [0.15, 0.2) is 4.47 Å². The highest BCUT2D eigenvalue weighted by Crippen LogP contribution is 2.36. The first-order valence-corrected chi connectivity index (χ1v) is 7.47. The van der Waals surface area contributed by atoms with Gasteiger partial charge in [0.25, 0.3) is 0 Å². The molecule has 0 aliphatic heterocycles. The molecule has 0 atom stereocenters. The quantitative estimate of drug-likeness (QED) is 0.756. The molecule has 0 unspecified atom stereocenters. The summed E-state index contributed by atoms with van der Waals surface area (Å²) in [6, 6.07) is 0. The standard InChI is InChI=1S/C15H24BrNO2/c1-10-11(2)15(19-4)13(12(3)14(10)16)6-8-17-7-5-9-18/h17-18H,5-9H2,1-4H3. The van der Waals surface area contributed by atoms with E-state index < -0.39 is 0 Å². The van der Waals surface area contributed by atoms with Gasteiger partial charge in [0.15, 0.2) is 0 Å². The number of nitrogens with one attached hydrogen (secondary N) is 1. The van der Waals surface area contributed by atoms with Crippen LogP contribution < -0.4 is 10.1 Å². The fourth-order valence-corrected chi connectivity index (χ4v) is 2.80. The van der Waals surface area contributed by atoms with E-state index in [9.17, 15) is 0 Å². The average molecular weight is 330 g/mol. The van der Waals surface area contributed by atoms with Gasteiger partial charge < -0.3 is 15.2 Å². The summed E-state index contributed by atoms with van der Waals surface area (Å²) in [7, 11) is 1.73. The van der Waals surface area contributed by atoms with E-state index in [0.29, 0.717) is 0 Å². The molecule has 1 aromatic rings. The molecule has 0 spiro atoms. The van der Waals surface area contributed by atoms with E-state index in [1.165, 1.54) is 26.7 Å². The number of hydrogen-bond acceptors (Lipinski definition) is 3. The van der Waals surface area contributed by atoms with Gasteiger partial charge in [-0.15, -0.1) is 0 Å². The lowest BCUT2D eigenvalue weighted by Gasteiger charge is -2.19. The molecule has 3 nitrogen and oxygen atoms in total. The molecule has 0 aliphatic rings. The maximum absolute atomic E-state index is 8.75. The summed E-state index contributed by atoms with van der Waals surface area (Å²) in [6.07, 6.45) is 1.73. The van der Waals surface area contributed by atoms with Crippen molar-refractivity contribution in [2.75, 3.05) is 26.8 Å². The first-order chi connectivity index (χ1) is 9.04. The highest BCUT2D eigenvalue weighted by molar-refractivity contribution is 9.10. The van der Waals surface area contributed by atoms with Crippen molar-refractivity contribution >= 4 is 15.9 Å². The second kappa shape index (κ2) is 7.88. The van der Waals surface area contributed by atoms with E-state index in [-0.39, 0.29) is 6.61 Å². The molecule has 0 fully saturated rings. The molecular formula is C15H24BrNO2. The monoisotopic (exact) mass is 329 g/mol. The van der Waals surface area contributed by atoms with Crippen LogP contribution in [0.1, 0.15) is 28.7 Å². The summed E-state index contributed by atoms with van der Waals surface area (Å²) in [6.45, 7) is 8.32. The number of benzene rings is 1. The van der Waals surface area contributed by atoms with Crippen molar-refractivity contribution in [2.45, 2.75) is 33.6 Å². The molecule has 0 saturated heterocycles. The van der Waals surface area contributed by atoms with E-state index in [1.807, 2.05) is 0 Å². The Kier molecular flexibility index (Phi) is 6.83. The normalized spacial score (nSPS) is 10.8. The number of ether oxygens (including phenoxy) is 1. The smallest absolute Gasteiger partial charge is 0.125 e. The topological polar surface area (TPSA) is 41.5 Å². The van der Waals surface area contributed by atoms with E-state index in [1.54, 1.807) is 7.11 Å². The highest BCUT2D eigenvalue weighted by Gasteiger charge is 2.16. The van der Waals surface area contributed by atoms with Crippen molar-refractivity contribution < 1.29 is 9.84 Å². The zero-order valence-electron chi connectivity index (χ0n) is 12.3. The average Bonchev–Trinajstić information content (AvgIpc) is 2.41. The second-order valence-corrected chi connectivity index (χ2v) is 5.57. The van der Waals surface area contributed by atoms with Crippen LogP contribution in [0.2, 0.25) is 0 Å². The SMILES string of the molecule is COc1c(C)c(C)c(Br)c(C)c1CCNCCCO. The number of rotatable bonds is 7. The minimum Gasteiger partial charge on any atom is -0.496 e. The fraction of sp³-hybridized carbons (Fsp3) is 0.600. The van der Waals surface area contributed by atoms with Crippen LogP contribution >= 0.6 is 15.9 Å². The molecule has 19 heavy (non-hydrogen) atoms. The molecule has 0 amide bonds. The van der Waals surface area contributed by atoms with Gasteiger partial charge in [0.2, 0.25) is 0 Å². The molecule has 0 radical (unpaired) electrons. The van der Waals surface area contributed by atoms with Crippen LogP contribution in [0.3, 0.4) is 0 Å². The number of aliphatic hydroxyl groups excluding tert-OH is 1. The molecule has 4 heteroatoms. The van der Waals surface area contributed by atoms with Crippen LogP contribution in [-0.2, 0) is 6.42 Å². The van der Waals surface area contributed by atoms with Crippen molar-refractivity contribution in [3.63, 3.8) is 0 Å². The van der Waals surface area contributed by atoms with Gasteiger partial charge in [0.1, 0.15) is 5.75 Å². The van der Waals surface area contributed by atoms with Crippen LogP contribution in [0.5, 0.6) is 5.75 Å². The van der Waals surface area contributed by atoms with Gasteiger partial charge in [0, 0.05) is 11.1 Å². The summed E-state index contributed by atoms with van der Waals surface area (Å²) in [5, 5.41) is 12.1. The zero-order chi connectivity index (χ0) is 14.4. The van der Waals surface area contributed by atoms with Crippen LogP contribution in [-0.4, -0.2) is 31.9 Å². The molecule has 0 saturated carbocycles. The lowest BCUT2D eigenvalue weighted by atomic mass is 9.97. The van der Waals surface area contributed by atoms with E-state index >= 15 is 0 Å². The minimum atomic E-state index is 0.241. The summed E-state index contributed by atoms with van der Waals surface area (Å²) < 4.78 is 6.76. The van der Waals surface area contributed by atoms with Crippen LogP contribution in [0, 0.1) is 20.8 Å². The molecule has 0 aromatic heterocycles. The second-order valence-electron chi connectivity index (χ2n) is 4.78. The largest absolute Gasteiger partial charge is 0.496 e. The van der Waals surface area contributed by atoms with Crippen LogP contribution in [0.25, 0.3) is 0 Å². The molecule has 0 bridgehead atoms. The Bertz CT molecular complexity index is 433. The Hall–Kier alpha value is -0.580. The molecule has 2 N–H and O–H groups in total. The summed E-state index contributed by atoms with van der Waals surface area (Å²) >= 11 is 3.67. The van der Waals surface area contributed by atoms with Gasteiger partial charge in [-0.05, 0) is 69.0 Å². The zero-order valence-corrected chi connectivity index (χ0v) is 13.9. The number of aliphatic hydroxyl groups is 1. The lowest BCUT2D eigenvalue weighted by molar-refractivity contribution is 0.286. The molecule has 1 rings (SSSR count). The Balaban J connectivity index is 2.87. The van der Waals surface area contributed by atoms with E-state index in [0.717, 1.165) is 31.7 Å². The molecule has 0 heterocycles. The first-order valence-electron chi connectivity index (χ1n) is 6.68. The number of methoxy groups -OCH3 is 1. The van der Waals surface area contributed by atoms with Crippen LogP contribution in [0.4, 0.5) is 0 Å². The lowest BCUT2D eigenvalue weighted by Crippen LogP contribution is -2.20. The summed E-state index contributed by atoms with van der Waals surface area (Å²) in [5.41, 5.74) is 4.95. The van der Waals surface area contributed by atoms with Crippen molar-refractivity contribution in [2.24, 2.45) is 0 Å². The van der Waals surface area contributed by atoms with Crippen molar-refractivity contribution in [3.8, 4) is 5.75 Å². The Morgan fingerprint density at radius 2 is 1.79 bits per heavy atom. The number of halogens is 1. The van der Waals surface area contributed by atoms with Gasteiger partial charge in [-0.2, -0.15) is 0 Å². The fourth-order valence-electron chi connectivity index (χ4n) is 2.27. The molecular weight excluding hydrogens is 306 g/mol. The van der Waals surface area contributed by atoms with Gasteiger partial charge >= 0.3 is 0 Å². The number of hydrogen-bond donors (Lipinski definition) is 2. The van der Waals surface area contributed by atoms with Gasteiger partial charge in [-0.1, -0.05) is 15.9 Å². The maximum atomic E-state index is 8.75. The predicted octanol–water partition coefficient (Wildman–Crippen LogP) is 2.90. The Morgan fingerprint density at radius 3 is 2.37 bits per heavy atom. The van der Waals surface area contributed by atoms with Crippen molar-refractivity contribution in [3.05, 3.63) is 26.7 Å². The summed E-state index contributed by atoms with van der Waals surface area (Å²) in [4.78, 5) is 0. The van der Waals surface area contributed by atoms with Crippen molar-refractivity contribution in [1.29, 1.82) is 0 Å². The third-order valence-corrected chi connectivity index (χ3v) is 4.75. The molecule has 0 aliphatic carbocycles. The Morgan fingerprint density at radius 1 is 1.11 bits per heavy atom. The third-order valence-electron chi connectivity index (χ3n) is 3.56. The predicted molar refractivity (Wildman–Crippen MR) is 83.2 cm³/mol. The van der Waals surface area contributed by atoms with E-state index in [4.69, 9.17) is 9.84 Å². The third kappa shape index (κ3) is 3.94. The first kappa shape index (κ1) is 16.5. The molecule has 108 valence electrons. The summed E-state index contributed by atoms with van der Waals surface area (Å²) in [5.74, 6) is 1.00. The minimum absolute atomic E-state index is 0.241. The highest BCUT2D eigenvalue weighted by atomic mass is 79.9. The maximum Gasteiger partial charge on any atom is 0.125 e. The van der Waals surface area contributed by atoms with E-state index in [2.05, 4.69) is 42.0 Å². The Labute approximate surface area is 124 Å². The van der Waals surface area contributed by atoms with Gasteiger partial charge in [0.05, 0.1) is 7.11 Å². The molecule has 1 aromatic carbocycles. The van der Waals surface area contributed by atoms with Gasteiger partial charge in [-0.25, -0.2) is 0 Å².